The van der Waals surface area contributed by atoms with E-state index in [2.05, 4.69) is 48.3 Å². The molecule has 1 unspecified atom stereocenters. The van der Waals surface area contributed by atoms with Crippen LogP contribution in [-0.4, -0.2) is 30.6 Å². The van der Waals surface area contributed by atoms with Gasteiger partial charge in [0.2, 0.25) is 0 Å². The summed E-state index contributed by atoms with van der Waals surface area (Å²) in [5.74, 6) is 1.45. The lowest BCUT2D eigenvalue weighted by atomic mass is 10.00. The number of rotatable bonds is 5. The Kier molecular flexibility index (Phi) is 3.29. The SMILES string of the molecule is CC(C)CN(CC1CNc2ccccc21)C1CC1. The number of para-hydroxylation sites is 1. The fourth-order valence-corrected chi connectivity index (χ4v) is 3.08. The van der Waals surface area contributed by atoms with Crippen molar-refractivity contribution in [3.8, 4) is 0 Å². The largest absolute Gasteiger partial charge is 0.384 e. The lowest BCUT2D eigenvalue weighted by Gasteiger charge is -2.27. The first-order valence-corrected chi connectivity index (χ1v) is 7.31. The van der Waals surface area contributed by atoms with Gasteiger partial charge in [-0.05, 0) is 30.4 Å². The van der Waals surface area contributed by atoms with E-state index in [9.17, 15) is 0 Å². The summed E-state index contributed by atoms with van der Waals surface area (Å²) in [5, 5.41) is 3.54. The number of anilines is 1. The van der Waals surface area contributed by atoms with Gasteiger partial charge in [0.15, 0.2) is 0 Å². The molecule has 0 aromatic heterocycles. The second kappa shape index (κ2) is 4.93. The first kappa shape index (κ1) is 12.0. The number of nitrogens with zero attached hydrogens (tertiary/aromatic N) is 1. The zero-order chi connectivity index (χ0) is 12.5. The maximum Gasteiger partial charge on any atom is 0.0376 e. The van der Waals surface area contributed by atoms with Gasteiger partial charge in [0.1, 0.15) is 0 Å². The highest BCUT2D eigenvalue weighted by Crippen LogP contribution is 2.35. The lowest BCUT2D eigenvalue weighted by molar-refractivity contribution is 0.224. The van der Waals surface area contributed by atoms with Crippen LogP contribution < -0.4 is 5.32 Å². The van der Waals surface area contributed by atoms with Crippen LogP contribution in [0.4, 0.5) is 5.69 Å². The minimum Gasteiger partial charge on any atom is -0.384 e. The van der Waals surface area contributed by atoms with Gasteiger partial charge >= 0.3 is 0 Å². The smallest absolute Gasteiger partial charge is 0.0376 e. The van der Waals surface area contributed by atoms with Crippen LogP contribution in [0, 0.1) is 5.92 Å². The Labute approximate surface area is 110 Å². The highest BCUT2D eigenvalue weighted by Gasteiger charge is 2.32. The predicted octanol–water partition coefficient (Wildman–Crippen LogP) is 3.32. The lowest BCUT2D eigenvalue weighted by Crippen LogP contribution is -2.34. The molecule has 18 heavy (non-hydrogen) atoms. The van der Waals surface area contributed by atoms with Crippen LogP contribution in [-0.2, 0) is 0 Å². The van der Waals surface area contributed by atoms with Crippen LogP contribution in [0.25, 0.3) is 0 Å². The molecule has 0 spiro atoms. The molecule has 98 valence electrons. The molecule has 1 aliphatic heterocycles. The quantitative estimate of drug-likeness (QED) is 0.855. The molecule has 0 radical (unpaired) electrons. The molecule has 1 aromatic carbocycles. The van der Waals surface area contributed by atoms with Gasteiger partial charge < -0.3 is 5.32 Å². The maximum absolute atomic E-state index is 3.54. The van der Waals surface area contributed by atoms with Gasteiger partial charge in [-0.15, -0.1) is 0 Å². The van der Waals surface area contributed by atoms with Crippen molar-refractivity contribution in [3.05, 3.63) is 29.8 Å². The van der Waals surface area contributed by atoms with Crippen LogP contribution in [0.3, 0.4) is 0 Å². The zero-order valence-electron chi connectivity index (χ0n) is 11.5. The van der Waals surface area contributed by atoms with Crippen LogP contribution in [0.2, 0.25) is 0 Å². The molecule has 2 heteroatoms. The summed E-state index contributed by atoms with van der Waals surface area (Å²) in [7, 11) is 0. The van der Waals surface area contributed by atoms with Crippen molar-refractivity contribution in [1.82, 2.24) is 4.90 Å². The van der Waals surface area contributed by atoms with Crippen molar-refractivity contribution in [2.45, 2.75) is 38.6 Å². The molecule has 2 nitrogen and oxygen atoms in total. The fourth-order valence-electron chi connectivity index (χ4n) is 3.08. The Hall–Kier alpha value is -1.02. The van der Waals surface area contributed by atoms with Crippen LogP contribution >= 0.6 is 0 Å². The van der Waals surface area contributed by atoms with Gasteiger partial charge in [0.25, 0.3) is 0 Å². The van der Waals surface area contributed by atoms with Gasteiger partial charge in [-0.3, -0.25) is 4.90 Å². The Bertz CT molecular complexity index is 409. The first-order valence-electron chi connectivity index (χ1n) is 7.31. The normalized spacial score (nSPS) is 22.3. The minimum absolute atomic E-state index is 0.681. The molecule has 0 bridgehead atoms. The van der Waals surface area contributed by atoms with Crippen LogP contribution in [0.5, 0.6) is 0 Å². The second-order valence-electron chi connectivity index (χ2n) is 6.24. The molecule has 1 fully saturated rings. The summed E-state index contributed by atoms with van der Waals surface area (Å²) in [6.45, 7) is 8.25. The van der Waals surface area contributed by atoms with E-state index >= 15 is 0 Å². The Balaban J connectivity index is 1.68. The van der Waals surface area contributed by atoms with E-state index in [1.165, 1.54) is 37.2 Å². The Morgan fingerprint density at radius 1 is 1.28 bits per heavy atom. The molecule has 0 amide bonds. The maximum atomic E-state index is 3.54. The fraction of sp³-hybridized carbons (Fsp3) is 0.625. The molecule has 1 aromatic rings. The predicted molar refractivity (Wildman–Crippen MR) is 77.1 cm³/mol. The van der Waals surface area contributed by atoms with E-state index in [4.69, 9.17) is 0 Å². The van der Waals surface area contributed by atoms with Crippen molar-refractivity contribution in [3.63, 3.8) is 0 Å². The van der Waals surface area contributed by atoms with E-state index in [1.807, 2.05) is 0 Å². The summed E-state index contributed by atoms with van der Waals surface area (Å²) in [6.07, 6.45) is 2.82. The molecule has 2 aliphatic rings. The number of benzene rings is 1. The number of hydrogen-bond donors (Lipinski definition) is 1. The third-order valence-corrected chi connectivity index (χ3v) is 4.06. The van der Waals surface area contributed by atoms with Crippen molar-refractivity contribution in [2.24, 2.45) is 5.92 Å². The molecule has 1 heterocycles. The van der Waals surface area contributed by atoms with E-state index in [0.29, 0.717) is 5.92 Å². The topological polar surface area (TPSA) is 15.3 Å². The summed E-state index contributed by atoms with van der Waals surface area (Å²) in [5.41, 5.74) is 2.87. The van der Waals surface area contributed by atoms with Crippen LogP contribution in [0.1, 0.15) is 38.2 Å². The molecule has 1 atom stereocenters. The molecule has 1 aliphatic carbocycles. The van der Waals surface area contributed by atoms with Gasteiger partial charge in [-0.2, -0.15) is 0 Å². The van der Waals surface area contributed by atoms with Crippen molar-refractivity contribution < 1.29 is 0 Å². The minimum atomic E-state index is 0.681. The molecule has 0 saturated heterocycles. The highest BCUT2D eigenvalue weighted by atomic mass is 15.2. The second-order valence-corrected chi connectivity index (χ2v) is 6.24. The molecule has 1 saturated carbocycles. The average molecular weight is 244 g/mol. The molecular formula is C16H24N2. The number of nitrogens with one attached hydrogen (secondary N) is 1. The zero-order valence-corrected chi connectivity index (χ0v) is 11.5. The first-order chi connectivity index (χ1) is 8.74. The van der Waals surface area contributed by atoms with Gasteiger partial charge in [-0.1, -0.05) is 32.0 Å². The molecule has 3 rings (SSSR count). The Morgan fingerprint density at radius 3 is 2.78 bits per heavy atom. The summed E-state index contributed by atoms with van der Waals surface area (Å²) in [6, 6.07) is 9.67. The van der Waals surface area contributed by atoms with Gasteiger partial charge in [0.05, 0.1) is 0 Å². The van der Waals surface area contributed by atoms with E-state index in [1.54, 1.807) is 0 Å². The third kappa shape index (κ3) is 2.54. The van der Waals surface area contributed by atoms with Crippen molar-refractivity contribution in [2.75, 3.05) is 25.0 Å². The van der Waals surface area contributed by atoms with E-state index in [-0.39, 0.29) is 0 Å². The van der Waals surface area contributed by atoms with Gasteiger partial charge in [-0.25, -0.2) is 0 Å². The highest BCUT2D eigenvalue weighted by molar-refractivity contribution is 5.57. The monoisotopic (exact) mass is 244 g/mol. The number of hydrogen-bond acceptors (Lipinski definition) is 2. The van der Waals surface area contributed by atoms with E-state index < -0.39 is 0 Å². The van der Waals surface area contributed by atoms with Crippen LogP contribution in [0.15, 0.2) is 24.3 Å². The van der Waals surface area contributed by atoms with E-state index in [0.717, 1.165) is 18.5 Å². The number of fused-ring (bicyclic) bond motifs is 1. The summed E-state index contributed by atoms with van der Waals surface area (Å²) >= 11 is 0. The summed E-state index contributed by atoms with van der Waals surface area (Å²) < 4.78 is 0. The Morgan fingerprint density at radius 2 is 2.06 bits per heavy atom. The standard InChI is InChI=1S/C16H24N2/c1-12(2)10-18(14-7-8-14)11-13-9-17-16-6-4-3-5-15(13)16/h3-6,12-14,17H,7-11H2,1-2H3. The third-order valence-electron chi connectivity index (χ3n) is 4.06. The molecule has 1 N–H and O–H groups in total. The van der Waals surface area contributed by atoms with Gasteiger partial charge in [0, 0.05) is 37.3 Å². The van der Waals surface area contributed by atoms with Crippen molar-refractivity contribution >= 4 is 5.69 Å². The average Bonchev–Trinajstić information content (AvgIpc) is 3.12. The van der Waals surface area contributed by atoms with Crippen molar-refractivity contribution in [1.29, 1.82) is 0 Å². The molecular weight excluding hydrogens is 220 g/mol. The summed E-state index contributed by atoms with van der Waals surface area (Å²) in [4.78, 5) is 2.72.